The third kappa shape index (κ3) is 3.26. The number of pyridine rings is 1. The number of ether oxygens (including phenoxy) is 2. The van der Waals surface area contributed by atoms with E-state index in [1.54, 1.807) is 18.3 Å². The lowest BCUT2D eigenvalue weighted by Gasteiger charge is -2.21. The van der Waals surface area contributed by atoms with Crippen molar-refractivity contribution in [1.29, 1.82) is 0 Å². The van der Waals surface area contributed by atoms with Gasteiger partial charge in [-0.05, 0) is 48.9 Å². The molecule has 6 heteroatoms. The van der Waals surface area contributed by atoms with E-state index >= 15 is 0 Å². The molecule has 0 saturated carbocycles. The number of hydrogen-bond acceptors (Lipinski definition) is 4. The fourth-order valence-electron chi connectivity index (χ4n) is 3.88. The molecule has 0 spiro atoms. The molecule has 0 unspecified atom stereocenters. The zero-order valence-electron chi connectivity index (χ0n) is 16.2. The smallest absolute Gasteiger partial charge is 0.335 e. The number of fused-ring (bicyclic) bond motifs is 5. The molecule has 0 amide bonds. The first-order valence-electron chi connectivity index (χ1n) is 9.86. The van der Waals surface area contributed by atoms with Gasteiger partial charge >= 0.3 is 5.97 Å². The minimum atomic E-state index is -0.929. The average Bonchev–Trinajstić information content (AvgIpc) is 3.10. The van der Waals surface area contributed by atoms with E-state index in [1.165, 1.54) is 0 Å². The maximum absolute atomic E-state index is 11.5. The molecule has 1 aliphatic rings. The summed E-state index contributed by atoms with van der Waals surface area (Å²) in [5.74, 6) is 0.541. The van der Waals surface area contributed by atoms with Crippen molar-refractivity contribution in [2.45, 2.75) is 19.6 Å². The van der Waals surface area contributed by atoms with Gasteiger partial charge in [0.25, 0.3) is 0 Å². The van der Waals surface area contributed by atoms with Crippen LogP contribution in [0.3, 0.4) is 0 Å². The fourth-order valence-corrected chi connectivity index (χ4v) is 3.88. The van der Waals surface area contributed by atoms with Gasteiger partial charge in [0.15, 0.2) is 0 Å². The monoisotopic (exact) mass is 400 g/mol. The van der Waals surface area contributed by atoms with E-state index in [1.807, 2.05) is 42.5 Å². The van der Waals surface area contributed by atoms with Gasteiger partial charge in [0.1, 0.15) is 18.1 Å². The Kier molecular flexibility index (Phi) is 4.59. The largest absolute Gasteiger partial charge is 0.493 e. The maximum atomic E-state index is 11.5. The van der Waals surface area contributed by atoms with Crippen LogP contribution in [0.2, 0.25) is 0 Å². The second kappa shape index (κ2) is 7.55. The number of aromatic nitrogens is 2. The highest BCUT2D eigenvalue weighted by atomic mass is 16.5. The second-order valence-electron chi connectivity index (χ2n) is 7.20. The standard InChI is InChI=1S/C24H20N2O4/c27-24(28)17-9-8-16-13-20-23-21(29-12-4-11-26(20)19(16)14-17)6-3-7-22(23)30-15-18-5-1-2-10-25-18/h1-3,5-10,13-14H,4,11-12,15H2,(H,27,28). The molecular weight excluding hydrogens is 380 g/mol. The zero-order chi connectivity index (χ0) is 20.5. The summed E-state index contributed by atoms with van der Waals surface area (Å²) in [6.07, 6.45) is 2.57. The molecule has 1 N–H and O–H groups in total. The van der Waals surface area contributed by atoms with E-state index in [9.17, 15) is 9.90 Å². The van der Waals surface area contributed by atoms with Crippen molar-refractivity contribution in [3.8, 4) is 22.8 Å². The third-order valence-electron chi connectivity index (χ3n) is 5.28. The number of rotatable bonds is 4. The minimum Gasteiger partial charge on any atom is -0.493 e. The van der Waals surface area contributed by atoms with E-state index in [-0.39, 0.29) is 5.56 Å². The number of hydrogen-bond donors (Lipinski definition) is 1. The summed E-state index contributed by atoms with van der Waals surface area (Å²) in [5, 5.41) is 10.4. The van der Waals surface area contributed by atoms with E-state index in [4.69, 9.17) is 9.47 Å². The van der Waals surface area contributed by atoms with Crippen LogP contribution in [0.15, 0.2) is 66.9 Å². The first-order valence-corrected chi connectivity index (χ1v) is 9.86. The number of nitrogens with zero attached hydrogens (tertiary/aromatic N) is 2. The van der Waals surface area contributed by atoms with Gasteiger partial charge in [0.05, 0.1) is 29.1 Å². The quantitative estimate of drug-likeness (QED) is 0.534. The van der Waals surface area contributed by atoms with Gasteiger partial charge in [0, 0.05) is 23.6 Å². The van der Waals surface area contributed by atoms with Gasteiger partial charge in [-0.15, -0.1) is 0 Å². The van der Waals surface area contributed by atoms with Crippen LogP contribution in [0.1, 0.15) is 22.5 Å². The lowest BCUT2D eigenvalue weighted by Crippen LogP contribution is -2.11. The molecule has 0 fully saturated rings. The molecule has 0 atom stereocenters. The van der Waals surface area contributed by atoms with Crippen LogP contribution in [0, 0.1) is 0 Å². The lowest BCUT2D eigenvalue weighted by atomic mass is 10.1. The van der Waals surface area contributed by atoms with Gasteiger partial charge in [-0.25, -0.2) is 4.79 Å². The molecule has 30 heavy (non-hydrogen) atoms. The van der Waals surface area contributed by atoms with E-state index in [0.29, 0.717) is 19.0 Å². The summed E-state index contributed by atoms with van der Waals surface area (Å²) in [6.45, 7) is 1.66. The molecule has 0 saturated heterocycles. The van der Waals surface area contributed by atoms with Crippen molar-refractivity contribution < 1.29 is 19.4 Å². The van der Waals surface area contributed by atoms with Crippen LogP contribution in [0.5, 0.6) is 11.5 Å². The van der Waals surface area contributed by atoms with Crippen molar-refractivity contribution in [1.82, 2.24) is 9.55 Å². The lowest BCUT2D eigenvalue weighted by molar-refractivity contribution is 0.0697. The number of carbonyl (C=O) groups is 1. The highest BCUT2D eigenvalue weighted by molar-refractivity contribution is 5.96. The second-order valence-corrected chi connectivity index (χ2v) is 7.20. The molecule has 1 aliphatic heterocycles. The van der Waals surface area contributed by atoms with Crippen LogP contribution in [-0.2, 0) is 13.2 Å². The maximum Gasteiger partial charge on any atom is 0.335 e. The topological polar surface area (TPSA) is 73.6 Å². The predicted octanol–water partition coefficient (Wildman–Crippen LogP) is 4.76. The molecule has 6 nitrogen and oxygen atoms in total. The summed E-state index contributed by atoms with van der Waals surface area (Å²) in [7, 11) is 0. The first-order chi connectivity index (χ1) is 14.7. The SMILES string of the molecule is O=C(O)c1ccc2cc3n(c2c1)CCCOc1cccc(OCc2ccccn2)c1-3. The summed E-state index contributed by atoms with van der Waals surface area (Å²) >= 11 is 0. The summed E-state index contributed by atoms with van der Waals surface area (Å²) < 4.78 is 14.3. The number of benzene rings is 2. The molecule has 4 aromatic rings. The molecule has 150 valence electrons. The van der Waals surface area contributed by atoms with Crippen molar-refractivity contribution >= 4 is 16.9 Å². The highest BCUT2D eigenvalue weighted by Gasteiger charge is 2.22. The van der Waals surface area contributed by atoms with Gasteiger partial charge < -0.3 is 19.1 Å². The van der Waals surface area contributed by atoms with Crippen molar-refractivity contribution in [3.05, 3.63) is 78.1 Å². The molecular formula is C24H20N2O4. The first kappa shape index (κ1) is 18.2. The summed E-state index contributed by atoms with van der Waals surface area (Å²) in [6, 6.07) is 18.8. The van der Waals surface area contributed by atoms with Crippen LogP contribution in [-0.4, -0.2) is 27.2 Å². The Bertz CT molecular complexity index is 1230. The molecule has 0 aliphatic carbocycles. The Labute approximate surface area is 173 Å². The Morgan fingerprint density at radius 1 is 1.13 bits per heavy atom. The molecule has 2 aromatic heterocycles. The fraction of sp³-hybridized carbons (Fsp3) is 0.167. The minimum absolute atomic E-state index is 0.279. The summed E-state index contributed by atoms with van der Waals surface area (Å²) in [4.78, 5) is 15.8. The van der Waals surface area contributed by atoms with Crippen molar-refractivity contribution in [2.75, 3.05) is 6.61 Å². The molecule has 3 heterocycles. The molecule has 0 bridgehead atoms. The van der Waals surface area contributed by atoms with Gasteiger partial charge in [0.2, 0.25) is 0 Å². The number of carboxylic acids is 1. The highest BCUT2D eigenvalue weighted by Crippen LogP contribution is 2.42. The van der Waals surface area contributed by atoms with Crippen LogP contribution in [0.25, 0.3) is 22.2 Å². The van der Waals surface area contributed by atoms with Crippen molar-refractivity contribution in [3.63, 3.8) is 0 Å². The van der Waals surface area contributed by atoms with Gasteiger partial charge in [-0.1, -0.05) is 18.2 Å². The van der Waals surface area contributed by atoms with Crippen LogP contribution >= 0.6 is 0 Å². The Morgan fingerprint density at radius 2 is 2.07 bits per heavy atom. The summed E-state index contributed by atoms with van der Waals surface area (Å²) in [5.41, 5.74) is 3.85. The number of carboxylic acid groups (broad SMARTS) is 1. The molecule has 0 radical (unpaired) electrons. The van der Waals surface area contributed by atoms with E-state index in [0.717, 1.165) is 46.6 Å². The molecule has 2 aromatic carbocycles. The van der Waals surface area contributed by atoms with E-state index in [2.05, 4.69) is 15.6 Å². The Balaban J connectivity index is 1.64. The normalized spacial score (nSPS) is 12.9. The van der Waals surface area contributed by atoms with Gasteiger partial charge in [-0.3, -0.25) is 4.98 Å². The Morgan fingerprint density at radius 3 is 2.90 bits per heavy atom. The van der Waals surface area contributed by atoms with Gasteiger partial charge in [-0.2, -0.15) is 0 Å². The Hall–Kier alpha value is -3.80. The average molecular weight is 400 g/mol. The van der Waals surface area contributed by atoms with Crippen molar-refractivity contribution in [2.24, 2.45) is 0 Å². The number of aromatic carboxylic acids is 1. The van der Waals surface area contributed by atoms with Crippen LogP contribution < -0.4 is 9.47 Å². The molecule has 5 rings (SSSR count). The zero-order valence-corrected chi connectivity index (χ0v) is 16.2. The predicted molar refractivity (Wildman–Crippen MR) is 113 cm³/mol. The third-order valence-corrected chi connectivity index (χ3v) is 5.28. The van der Waals surface area contributed by atoms with E-state index < -0.39 is 5.97 Å². The van der Waals surface area contributed by atoms with Crippen LogP contribution in [0.4, 0.5) is 0 Å². The number of aryl methyl sites for hydroxylation is 1.